The van der Waals surface area contributed by atoms with Gasteiger partial charge in [0.15, 0.2) is 0 Å². The molecular formula is C14H19N3O3. The molecule has 1 aromatic carbocycles. The quantitative estimate of drug-likeness (QED) is 0.640. The van der Waals surface area contributed by atoms with Crippen LogP contribution in [0.1, 0.15) is 37.0 Å². The molecule has 0 bridgehead atoms. The Morgan fingerprint density at radius 3 is 2.55 bits per heavy atom. The van der Waals surface area contributed by atoms with Gasteiger partial charge >= 0.3 is 0 Å². The minimum Gasteiger partial charge on any atom is -0.387 e. The Balaban J connectivity index is 2.27. The SMILES string of the molecule is CNc1ccc([N+](=O)[O-])cc1C(=O)NC(C)(C)C1CC1. The fraction of sp³-hybridized carbons (Fsp3) is 0.500. The molecule has 1 saturated carbocycles. The Labute approximate surface area is 117 Å². The van der Waals surface area contributed by atoms with Crippen molar-refractivity contribution in [2.45, 2.75) is 32.2 Å². The third-order valence-electron chi connectivity index (χ3n) is 3.76. The molecule has 0 heterocycles. The number of nitro groups is 1. The summed E-state index contributed by atoms with van der Waals surface area (Å²) in [6, 6.07) is 4.25. The van der Waals surface area contributed by atoms with Gasteiger partial charge in [-0.2, -0.15) is 0 Å². The lowest BCUT2D eigenvalue weighted by atomic mass is 9.98. The molecule has 1 fully saturated rings. The molecule has 1 aromatic rings. The van der Waals surface area contributed by atoms with Gasteiger partial charge in [-0.1, -0.05) is 0 Å². The maximum Gasteiger partial charge on any atom is 0.270 e. The average Bonchev–Trinajstić information content (AvgIpc) is 3.21. The Morgan fingerprint density at radius 1 is 1.40 bits per heavy atom. The fourth-order valence-electron chi connectivity index (χ4n) is 2.32. The van der Waals surface area contributed by atoms with Crippen LogP contribution >= 0.6 is 0 Å². The van der Waals surface area contributed by atoms with Gasteiger partial charge in [-0.15, -0.1) is 0 Å². The smallest absolute Gasteiger partial charge is 0.270 e. The van der Waals surface area contributed by atoms with Crippen molar-refractivity contribution in [1.82, 2.24) is 5.32 Å². The van der Waals surface area contributed by atoms with Crippen molar-refractivity contribution in [3.8, 4) is 0 Å². The number of benzene rings is 1. The number of nitrogens with one attached hydrogen (secondary N) is 2. The Kier molecular flexibility index (Phi) is 3.65. The molecule has 0 radical (unpaired) electrons. The third-order valence-corrected chi connectivity index (χ3v) is 3.76. The molecule has 6 nitrogen and oxygen atoms in total. The second-order valence-corrected chi connectivity index (χ2v) is 5.69. The Morgan fingerprint density at radius 2 is 2.05 bits per heavy atom. The number of hydrogen-bond donors (Lipinski definition) is 2. The molecule has 20 heavy (non-hydrogen) atoms. The predicted molar refractivity (Wildman–Crippen MR) is 76.9 cm³/mol. The zero-order valence-electron chi connectivity index (χ0n) is 11.9. The first-order valence-electron chi connectivity index (χ1n) is 6.64. The molecule has 1 amide bonds. The standard InChI is InChI=1S/C14H19N3O3/c1-14(2,9-4-5-9)16-13(18)11-8-10(17(19)20)6-7-12(11)15-3/h6-9,15H,4-5H2,1-3H3,(H,16,18). The van der Waals surface area contributed by atoms with Gasteiger partial charge in [-0.25, -0.2) is 0 Å². The van der Waals surface area contributed by atoms with Crippen LogP contribution in [-0.2, 0) is 0 Å². The van der Waals surface area contributed by atoms with E-state index >= 15 is 0 Å². The van der Waals surface area contributed by atoms with E-state index in [0.29, 0.717) is 17.2 Å². The van der Waals surface area contributed by atoms with Crippen LogP contribution in [0.5, 0.6) is 0 Å². The maximum atomic E-state index is 12.4. The van der Waals surface area contributed by atoms with E-state index in [2.05, 4.69) is 10.6 Å². The predicted octanol–water partition coefficient (Wildman–Crippen LogP) is 2.55. The molecule has 6 heteroatoms. The highest BCUT2D eigenvalue weighted by molar-refractivity contribution is 6.00. The summed E-state index contributed by atoms with van der Waals surface area (Å²) < 4.78 is 0. The van der Waals surface area contributed by atoms with Crippen LogP contribution in [0.25, 0.3) is 0 Å². The van der Waals surface area contributed by atoms with Gasteiger partial charge in [-0.3, -0.25) is 14.9 Å². The summed E-state index contributed by atoms with van der Waals surface area (Å²) in [5.74, 6) is 0.207. The first kappa shape index (κ1) is 14.3. The minimum atomic E-state index is -0.498. The number of amides is 1. The summed E-state index contributed by atoms with van der Waals surface area (Å²) >= 11 is 0. The van der Waals surface area contributed by atoms with E-state index in [1.54, 1.807) is 13.1 Å². The van der Waals surface area contributed by atoms with Crippen LogP contribution < -0.4 is 10.6 Å². The first-order chi connectivity index (χ1) is 9.35. The van der Waals surface area contributed by atoms with Crippen LogP contribution in [0.4, 0.5) is 11.4 Å². The lowest BCUT2D eigenvalue weighted by molar-refractivity contribution is -0.384. The van der Waals surface area contributed by atoms with E-state index in [0.717, 1.165) is 12.8 Å². The number of carbonyl (C=O) groups is 1. The van der Waals surface area contributed by atoms with Crippen molar-refractivity contribution < 1.29 is 9.72 Å². The molecule has 1 aliphatic rings. The number of non-ortho nitro benzene ring substituents is 1. The molecule has 1 aliphatic carbocycles. The summed E-state index contributed by atoms with van der Waals surface area (Å²) in [6.07, 6.45) is 2.22. The van der Waals surface area contributed by atoms with E-state index in [4.69, 9.17) is 0 Å². The fourth-order valence-corrected chi connectivity index (χ4v) is 2.32. The Bertz CT molecular complexity index is 551. The number of nitro benzene ring substituents is 1. The molecular weight excluding hydrogens is 258 g/mol. The zero-order chi connectivity index (χ0) is 14.9. The van der Waals surface area contributed by atoms with Gasteiger partial charge in [0, 0.05) is 30.4 Å². The van der Waals surface area contributed by atoms with Crippen molar-refractivity contribution in [2.75, 3.05) is 12.4 Å². The van der Waals surface area contributed by atoms with Crippen molar-refractivity contribution in [1.29, 1.82) is 0 Å². The van der Waals surface area contributed by atoms with E-state index in [1.165, 1.54) is 12.1 Å². The summed E-state index contributed by atoms with van der Waals surface area (Å²) in [5.41, 5.74) is 0.515. The largest absolute Gasteiger partial charge is 0.387 e. The second-order valence-electron chi connectivity index (χ2n) is 5.69. The van der Waals surface area contributed by atoms with Gasteiger partial charge in [-0.05, 0) is 38.7 Å². The van der Waals surface area contributed by atoms with Crippen LogP contribution in [0.15, 0.2) is 18.2 Å². The molecule has 0 saturated heterocycles. The monoisotopic (exact) mass is 277 g/mol. The lowest BCUT2D eigenvalue weighted by Crippen LogP contribution is -2.45. The van der Waals surface area contributed by atoms with Gasteiger partial charge in [0.1, 0.15) is 0 Å². The Hall–Kier alpha value is -2.11. The highest BCUT2D eigenvalue weighted by Crippen LogP contribution is 2.39. The highest BCUT2D eigenvalue weighted by atomic mass is 16.6. The van der Waals surface area contributed by atoms with E-state index in [1.807, 2.05) is 13.8 Å². The molecule has 108 valence electrons. The molecule has 0 unspecified atom stereocenters. The summed E-state index contributed by atoms with van der Waals surface area (Å²) in [5, 5.41) is 16.7. The molecule has 0 atom stereocenters. The van der Waals surface area contributed by atoms with Gasteiger partial charge in [0.2, 0.25) is 0 Å². The average molecular weight is 277 g/mol. The normalized spacial score (nSPS) is 14.8. The van der Waals surface area contributed by atoms with Gasteiger partial charge in [0.25, 0.3) is 11.6 Å². The van der Waals surface area contributed by atoms with E-state index < -0.39 is 4.92 Å². The number of nitrogens with zero attached hydrogens (tertiary/aromatic N) is 1. The maximum absolute atomic E-state index is 12.4. The number of hydrogen-bond acceptors (Lipinski definition) is 4. The number of anilines is 1. The van der Waals surface area contributed by atoms with Crippen molar-refractivity contribution in [2.24, 2.45) is 5.92 Å². The number of rotatable bonds is 5. The second kappa shape index (κ2) is 5.11. The van der Waals surface area contributed by atoms with Crippen molar-refractivity contribution >= 4 is 17.3 Å². The molecule has 0 aliphatic heterocycles. The van der Waals surface area contributed by atoms with Gasteiger partial charge < -0.3 is 10.6 Å². The van der Waals surface area contributed by atoms with E-state index in [9.17, 15) is 14.9 Å². The topological polar surface area (TPSA) is 84.3 Å². The highest BCUT2D eigenvalue weighted by Gasteiger charge is 2.39. The summed E-state index contributed by atoms with van der Waals surface area (Å²) in [7, 11) is 1.68. The van der Waals surface area contributed by atoms with Crippen molar-refractivity contribution in [3.63, 3.8) is 0 Å². The molecule has 0 aromatic heterocycles. The lowest BCUT2D eigenvalue weighted by Gasteiger charge is -2.26. The molecule has 2 N–H and O–H groups in total. The molecule has 2 rings (SSSR count). The third kappa shape index (κ3) is 2.89. The van der Waals surface area contributed by atoms with Crippen LogP contribution in [0.2, 0.25) is 0 Å². The zero-order valence-corrected chi connectivity index (χ0v) is 11.9. The molecule has 0 spiro atoms. The first-order valence-corrected chi connectivity index (χ1v) is 6.64. The summed E-state index contributed by atoms with van der Waals surface area (Å²) in [6.45, 7) is 3.97. The van der Waals surface area contributed by atoms with Crippen LogP contribution in [0, 0.1) is 16.0 Å². The summed E-state index contributed by atoms with van der Waals surface area (Å²) in [4.78, 5) is 22.7. The van der Waals surface area contributed by atoms with Crippen LogP contribution in [0.3, 0.4) is 0 Å². The number of carbonyl (C=O) groups excluding carboxylic acids is 1. The minimum absolute atomic E-state index is 0.0848. The van der Waals surface area contributed by atoms with Crippen molar-refractivity contribution in [3.05, 3.63) is 33.9 Å². The van der Waals surface area contributed by atoms with Gasteiger partial charge in [0.05, 0.1) is 10.5 Å². The van der Waals surface area contributed by atoms with Crippen LogP contribution in [-0.4, -0.2) is 23.4 Å². The van der Waals surface area contributed by atoms with E-state index in [-0.39, 0.29) is 17.1 Å².